The summed E-state index contributed by atoms with van der Waals surface area (Å²) < 4.78 is 5.61. The molecule has 15 heavy (non-hydrogen) atoms. The molecule has 3 aromatic rings. The molecule has 0 aliphatic heterocycles. The van der Waals surface area contributed by atoms with Crippen molar-refractivity contribution in [2.24, 2.45) is 0 Å². The maximum atomic E-state index is 5.92. The third kappa shape index (κ3) is 1.20. The minimum atomic E-state index is 0.355. The molecule has 0 bridgehead atoms. The summed E-state index contributed by atoms with van der Waals surface area (Å²) in [6, 6.07) is 5.97. The third-order valence-electron chi connectivity index (χ3n) is 2.36. The first-order chi connectivity index (χ1) is 7.25. The second-order valence-corrected chi connectivity index (χ2v) is 3.80. The van der Waals surface area contributed by atoms with E-state index in [0.29, 0.717) is 10.7 Å². The van der Waals surface area contributed by atoms with Crippen molar-refractivity contribution in [1.82, 2.24) is 9.97 Å². The van der Waals surface area contributed by atoms with Gasteiger partial charge in [-0.25, -0.2) is 9.97 Å². The van der Waals surface area contributed by atoms with Crippen LogP contribution in [0, 0.1) is 6.92 Å². The predicted octanol–water partition coefficient (Wildman–Crippen LogP) is 3.34. The molecular weight excluding hydrogens is 212 g/mol. The van der Waals surface area contributed by atoms with Crippen molar-refractivity contribution in [2.45, 2.75) is 6.92 Å². The zero-order valence-electron chi connectivity index (χ0n) is 7.99. The second-order valence-electron chi connectivity index (χ2n) is 3.44. The SMILES string of the molecule is Cc1ccc2c(c1)oc1c(Cl)ncnc12. The molecule has 0 aliphatic carbocycles. The first kappa shape index (κ1) is 8.68. The number of fused-ring (bicyclic) bond motifs is 3. The zero-order chi connectivity index (χ0) is 10.4. The number of hydrogen-bond donors (Lipinski definition) is 0. The Balaban J connectivity index is 2.57. The fourth-order valence-electron chi connectivity index (χ4n) is 1.65. The highest BCUT2D eigenvalue weighted by Crippen LogP contribution is 2.30. The lowest BCUT2D eigenvalue weighted by molar-refractivity contribution is 0.665. The van der Waals surface area contributed by atoms with Crippen LogP contribution in [0.1, 0.15) is 5.56 Å². The van der Waals surface area contributed by atoms with Gasteiger partial charge in [-0.2, -0.15) is 0 Å². The van der Waals surface area contributed by atoms with E-state index in [4.69, 9.17) is 16.0 Å². The first-order valence-electron chi connectivity index (χ1n) is 4.55. The fraction of sp³-hybridized carbons (Fsp3) is 0.0909. The zero-order valence-corrected chi connectivity index (χ0v) is 8.75. The molecule has 2 aromatic heterocycles. The van der Waals surface area contributed by atoms with Crippen molar-refractivity contribution in [3.63, 3.8) is 0 Å². The number of rotatable bonds is 0. The predicted molar refractivity (Wildman–Crippen MR) is 59.1 cm³/mol. The van der Waals surface area contributed by atoms with E-state index in [9.17, 15) is 0 Å². The molecule has 4 heteroatoms. The van der Waals surface area contributed by atoms with Crippen molar-refractivity contribution >= 4 is 33.7 Å². The van der Waals surface area contributed by atoms with E-state index in [1.54, 1.807) is 0 Å². The molecule has 3 nitrogen and oxygen atoms in total. The highest BCUT2D eigenvalue weighted by Gasteiger charge is 2.11. The van der Waals surface area contributed by atoms with Gasteiger partial charge < -0.3 is 4.42 Å². The number of aryl methyl sites for hydroxylation is 1. The minimum absolute atomic E-state index is 0.355. The smallest absolute Gasteiger partial charge is 0.191 e. The van der Waals surface area contributed by atoms with Crippen LogP contribution in [0.25, 0.3) is 22.1 Å². The molecule has 1 aromatic carbocycles. The van der Waals surface area contributed by atoms with Crippen LogP contribution in [0.3, 0.4) is 0 Å². The summed E-state index contributed by atoms with van der Waals surface area (Å²) in [6.45, 7) is 2.01. The monoisotopic (exact) mass is 218 g/mol. The van der Waals surface area contributed by atoms with Gasteiger partial charge in [0.15, 0.2) is 10.7 Å². The normalized spacial score (nSPS) is 11.3. The number of benzene rings is 1. The Labute approximate surface area is 90.7 Å². The average Bonchev–Trinajstić information content (AvgIpc) is 2.57. The number of halogens is 1. The molecule has 0 fully saturated rings. The van der Waals surface area contributed by atoms with Gasteiger partial charge in [0, 0.05) is 5.39 Å². The Hall–Kier alpha value is -1.61. The molecule has 0 radical (unpaired) electrons. The van der Waals surface area contributed by atoms with Crippen LogP contribution in [0.4, 0.5) is 0 Å². The summed E-state index contributed by atoms with van der Waals surface area (Å²) in [5.74, 6) is 0. The van der Waals surface area contributed by atoms with Gasteiger partial charge in [-0.05, 0) is 24.6 Å². The maximum absolute atomic E-state index is 5.92. The average molecular weight is 219 g/mol. The van der Waals surface area contributed by atoms with Gasteiger partial charge in [0.2, 0.25) is 0 Å². The van der Waals surface area contributed by atoms with Gasteiger partial charge in [-0.1, -0.05) is 17.7 Å². The molecule has 0 atom stereocenters. The lowest BCUT2D eigenvalue weighted by atomic mass is 10.2. The van der Waals surface area contributed by atoms with Crippen molar-refractivity contribution < 1.29 is 4.42 Å². The quantitative estimate of drug-likeness (QED) is 0.544. The van der Waals surface area contributed by atoms with Crippen LogP contribution < -0.4 is 0 Å². The first-order valence-corrected chi connectivity index (χ1v) is 4.93. The molecule has 0 saturated heterocycles. The summed E-state index contributed by atoms with van der Waals surface area (Å²) in [6.07, 6.45) is 1.44. The highest BCUT2D eigenvalue weighted by molar-refractivity contribution is 6.34. The Morgan fingerprint density at radius 1 is 1.27 bits per heavy atom. The Morgan fingerprint density at radius 3 is 3.00 bits per heavy atom. The van der Waals surface area contributed by atoms with Crippen LogP contribution >= 0.6 is 11.6 Å². The van der Waals surface area contributed by atoms with Gasteiger partial charge in [0.05, 0.1) is 0 Å². The molecule has 3 rings (SSSR count). The molecule has 0 N–H and O–H groups in total. The highest BCUT2D eigenvalue weighted by atomic mass is 35.5. The maximum Gasteiger partial charge on any atom is 0.191 e. The molecule has 74 valence electrons. The number of hydrogen-bond acceptors (Lipinski definition) is 3. The van der Waals surface area contributed by atoms with Gasteiger partial charge in [0.25, 0.3) is 0 Å². The van der Waals surface area contributed by atoms with Gasteiger partial charge in [0.1, 0.15) is 17.4 Å². The molecule has 0 amide bonds. The summed E-state index contributed by atoms with van der Waals surface area (Å²) in [4.78, 5) is 8.06. The van der Waals surface area contributed by atoms with E-state index in [1.165, 1.54) is 6.33 Å². The fourth-order valence-corrected chi connectivity index (χ4v) is 1.83. The summed E-state index contributed by atoms with van der Waals surface area (Å²) in [5, 5.41) is 1.33. The van der Waals surface area contributed by atoms with Crippen LogP contribution in [-0.4, -0.2) is 9.97 Å². The molecule has 0 spiro atoms. The van der Waals surface area contributed by atoms with Crippen LogP contribution in [0.5, 0.6) is 0 Å². The lowest BCUT2D eigenvalue weighted by Gasteiger charge is -1.90. The summed E-state index contributed by atoms with van der Waals surface area (Å²) in [7, 11) is 0. The van der Waals surface area contributed by atoms with Crippen molar-refractivity contribution in [1.29, 1.82) is 0 Å². The molecule has 0 aliphatic rings. The van der Waals surface area contributed by atoms with Crippen LogP contribution in [0.2, 0.25) is 5.15 Å². The van der Waals surface area contributed by atoms with E-state index >= 15 is 0 Å². The minimum Gasteiger partial charge on any atom is -0.451 e. The Bertz CT molecular complexity index is 660. The van der Waals surface area contributed by atoms with E-state index in [1.807, 2.05) is 25.1 Å². The van der Waals surface area contributed by atoms with Gasteiger partial charge in [-0.3, -0.25) is 0 Å². The Kier molecular flexibility index (Phi) is 1.70. The molecule has 2 heterocycles. The molecular formula is C11H7ClN2O. The Morgan fingerprint density at radius 2 is 2.13 bits per heavy atom. The largest absolute Gasteiger partial charge is 0.451 e. The van der Waals surface area contributed by atoms with Gasteiger partial charge in [-0.15, -0.1) is 0 Å². The third-order valence-corrected chi connectivity index (χ3v) is 2.63. The van der Waals surface area contributed by atoms with Crippen molar-refractivity contribution in [2.75, 3.05) is 0 Å². The van der Waals surface area contributed by atoms with Crippen LogP contribution in [0.15, 0.2) is 28.9 Å². The number of nitrogens with zero attached hydrogens (tertiary/aromatic N) is 2. The van der Waals surface area contributed by atoms with Crippen molar-refractivity contribution in [3.8, 4) is 0 Å². The van der Waals surface area contributed by atoms with Crippen LogP contribution in [-0.2, 0) is 0 Å². The van der Waals surface area contributed by atoms with Crippen molar-refractivity contribution in [3.05, 3.63) is 35.2 Å². The summed E-state index contributed by atoms with van der Waals surface area (Å²) >= 11 is 5.92. The topological polar surface area (TPSA) is 38.9 Å². The van der Waals surface area contributed by atoms with E-state index in [-0.39, 0.29) is 0 Å². The molecule has 0 saturated carbocycles. The van der Waals surface area contributed by atoms with E-state index in [2.05, 4.69) is 9.97 Å². The lowest BCUT2D eigenvalue weighted by Crippen LogP contribution is -1.78. The molecule has 0 unspecified atom stereocenters. The second kappa shape index (κ2) is 2.94. The van der Waals surface area contributed by atoms with E-state index in [0.717, 1.165) is 22.0 Å². The number of aromatic nitrogens is 2. The number of furan rings is 1. The summed E-state index contributed by atoms with van der Waals surface area (Å²) in [5.41, 5.74) is 3.27. The van der Waals surface area contributed by atoms with Gasteiger partial charge >= 0.3 is 0 Å². The van der Waals surface area contributed by atoms with E-state index < -0.39 is 0 Å². The standard InChI is InChI=1S/C11H7ClN2O/c1-6-2-3-7-8(4-6)15-10-9(7)13-5-14-11(10)12/h2-5H,1H3.